The molecule has 38 heavy (non-hydrogen) atoms. The van der Waals surface area contributed by atoms with Gasteiger partial charge in [0.25, 0.3) is 0 Å². The molecule has 205 valence electrons. The minimum atomic E-state index is 0.731. The summed E-state index contributed by atoms with van der Waals surface area (Å²) in [4.78, 5) is 0. The maximum Gasteiger partial charge on any atom is 0.127 e. The van der Waals surface area contributed by atoms with Crippen molar-refractivity contribution in [3.05, 3.63) is 101 Å². The summed E-state index contributed by atoms with van der Waals surface area (Å²) in [6.07, 6.45) is 19.1. The third-order valence-electron chi connectivity index (χ3n) is 7.34. The summed E-state index contributed by atoms with van der Waals surface area (Å²) in [5.41, 5.74) is 3.48. The largest absolute Gasteiger partial charge is 0.497 e. The zero-order valence-corrected chi connectivity index (χ0v) is 23.9. The molecular weight excluding hydrogens is 464 g/mol. The first-order valence-corrected chi connectivity index (χ1v) is 15.1. The molecule has 0 unspecified atom stereocenters. The second kappa shape index (κ2) is 18.5. The fraction of sp³-hybridized carbons (Fsp3) is 0.472. The van der Waals surface area contributed by atoms with Gasteiger partial charge in [0.1, 0.15) is 11.5 Å². The van der Waals surface area contributed by atoms with E-state index < -0.39 is 0 Å². The first kappa shape index (κ1) is 29.8. The minimum Gasteiger partial charge on any atom is -0.497 e. The molecule has 0 amide bonds. The molecule has 0 heterocycles. The molecular formula is C36H49O2. The molecule has 0 aliphatic carbocycles. The van der Waals surface area contributed by atoms with Gasteiger partial charge >= 0.3 is 0 Å². The third kappa shape index (κ3) is 10.6. The van der Waals surface area contributed by atoms with E-state index in [1.54, 1.807) is 7.11 Å². The molecule has 0 atom stereocenters. The van der Waals surface area contributed by atoms with Crippen LogP contribution >= 0.6 is 0 Å². The van der Waals surface area contributed by atoms with Crippen LogP contribution in [0.1, 0.15) is 114 Å². The quantitative estimate of drug-likeness (QED) is 0.110. The van der Waals surface area contributed by atoms with E-state index in [1.165, 1.54) is 101 Å². The second-order valence-electron chi connectivity index (χ2n) is 10.4. The second-order valence-corrected chi connectivity index (χ2v) is 10.4. The summed E-state index contributed by atoms with van der Waals surface area (Å²) in [5.74, 6) is 2.90. The fourth-order valence-corrected chi connectivity index (χ4v) is 5.12. The van der Waals surface area contributed by atoms with Gasteiger partial charge in [0.15, 0.2) is 0 Å². The number of hydrogen-bond donors (Lipinski definition) is 0. The summed E-state index contributed by atoms with van der Waals surface area (Å²) >= 11 is 0. The number of unbranched alkanes of at least 4 members (excludes halogenated alkanes) is 13. The highest BCUT2D eigenvalue weighted by Gasteiger charge is 2.22. The smallest absolute Gasteiger partial charge is 0.127 e. The topological polar surface area (TPSA) is 18.5 Å². The Morgan fingerprint density at radius 1 is 0.553 bits per heavy atom. The highest BCUT2D eigenvalue weighted by molar-refractivity contribution is 5.62. The highest BCUT2D eigenvalue weighted by atomic mass is 16.5. The van der Waals surface area contributed by atoms with Gasteiger partial charge in [-0.15, -0.1) is 0 Å². The molecule has 0 N–H and O–H groups in total. The van der Waals surface area contributed by atoms with Crippen molar-refractivity contribution in [1.29, 1.82) is 0 Å². The molecule has 0 saturated heterocycles. The first-order chi connectivity index (χ1) is 18.8. The van der Waals surface area contributed by atoms with E-state index in [4.69, 9.17) is 9.47 Å². The van der Waals surface area contributed by atoms with E-state index in [0.29, 0.717) is 0 Å². The maximum atomic E-state index is 6.41. The van der Waals surface area contributed by atoms with Crippen LogP contribution in [0, 0.1) is 5.92 Å². The van der Waals surface area contributed by atoms with Crippen molar-refractivity contribution in [3.63, 3.8) is 0 Å². The molecule has 2 heteroatoms. The van der Waals surface area contributed by atoms with Crippen LogP contribution < -0.4 is 9.47 Å². The molecule has 3 aromatic rings. The summed E-state index contributed by atoms with van der Waals surface area (Å²) in [5, 5.41) is 0. The Balaban J connectivity index is 1.44. The molecule has 0 aliphatic rings. The average Bonchev–Trinajstić information content (AvgIpc) is 2.97. The van der Waals surface area contributed by atoms with Crippen molar-refractivity contribution in [3.8, 4) is 11.5 Å². The standard InChI is InChI=1S/C36H49O2/c1-3-4-5-6-7-8-9-10-11-12-13-14-15-22-29-38-35-30-33(37-2)27-28-34(35)36(31-23-18-16-19-24-31)32-25-20-17-21-26-32/h16-21,23-28,30H,3-15,22,29H2,1-2H3. The Kier molecular flexibility index (Phi) is 14.5. The third-order valence-corrected chi connectivity index (χ3v) is 7.34. The normalized spacial score (nSPS) is 11.1. The van der Waals surface area contributed by atoms with E-state index >= 15 is 0 Å². The Hall–Kier alpha value is -2.74. The number of methoxy groups -OCH3 is 1. The minimum absolute atomic E-state index is 0.731. The number of rotatable bonds is 20. The van der Waals surface area contributed by atoms with Crippen molar-refractivity contribution in [1.82, 2.24) is 0 Å². The van der Waals surface area contributed by atoms with Gasteiger partial charge < -0.3 is 9.47 Å². The molecule has 0 aromatic heterocycles. The molecule has 3 aromatic carbocycles. The van der Waals surface area contributed by atoms with Crippen LogP contribution in [0.15, 0.2) is 78.9 Å². The molecule has 1 radical (unpaired) electrons. The van der Waals surface area contributed by atoms with Gasteiger partial charge in [-0.2, -0.15) is 0 Å². The predicted molar refractivity (Wildman–Crippen MR) is 162 cm³/mol. The number of hydrogen-bond acceptors (Lipinski definition) is 2. The van der Waals surface area contributed by atoms with E-state index in [2.05, 4.69) is 73.7 Å². The first-order valence-electron chi connectivity index (χ1n) is 15.1. The Morgan fingerprint density at radius 2 is 1.03 bits per heavy atom. The lowest BCUT2D eigenvalue weighted by Gasteiger charge is -2.22. The SMILES string of the molecule is CCCCCCCCCCCCCCCCOc1cc(OC)ccc1[C](c1ccccc1)c1ccccc1. The van der Waals surface area contributed by atoms with Gasteiger partial charge in [-0.05, 0) is 23.6 Å². The lowest BCUT2D eigenvalue weighted by atomic mass is 9.84. The van der Waals surface area contributed by atoms with Crippen molar-refractivity contribution >= 4 is 0 Å². The summed E-state index contributed by atoms with van der Waals surface area (Å²) in [6, 6.07) is 27.4. The van der Waals surface area contributed by atoms with Crippen molar-refractivity contribution in [2.45, 2.75) is 96.8 Å². The molecule has 0 saturated carbocycles. The number of benzene rings is 3. The van der Waals surface area contributed by atoms with E-state index in [-0.39, 0.29) is 0 Å². The molecule has 0 bridgehead atoms. The van der Waals surface area contributed by atoms with Crippen LogP contribution in [0.5, 0.6) is 11.5 Å². The van der Waals surface area contributed by atoms with Gasteiger partial charge in [0.05, 0.1) is 19.6 Å². The zero-order valence-electron chi connectivity index (χ0n) is 23.9. The van der Waals surface area contributed by atoms with E-state index in [0.717, 1.165) is 30.1 Å². The van der Waals surface area contributed by atoms with Crippen LogP contribution in [0.25, 0.3) is 0 Å². The summed E-state index contributed by atoms with van der Waals surface area (Å²) in [6.45, 7) is 3.02. The van der Waals surface area contributed by atoms with Crippen LogP contribution in [-0.2, 0) is 0 Å². The van der Waals surface area contributed by atoms with Gasteiger partial charge in [-0.3, -0.25) is 0 Å². The zero-order chi connectivity index (χ0) is 26.7. The van der Waals surface area contributed by atoms with Gasteiger partial charge in [-0.1, -0.05) is 157 Å². The van der Waals surface area contributed by atoms with Crippen LogP contribution in [0.3, 0.4) is 0 Å². The van der Waals surface area contributed by atoms with Gasteiger partial charge in [-0.25, -0.2) is 0 Å². The fourth-order valence-electron chi connectivity index (χ4n) is 5.12. The van der Waals surface area contributed by atoms with E-state index in [9.17, 15) is 0 Å². The summed E-state index contributed by atoms with van der Waals surface area (Å²) in [7, 11) is 1.71. The lowest BCUT2D eigenvalue weighted by molar-refractivity contribution is 0.300. The van der Waals surface area contributed by atoms with Crippen molar-refractivity contribution in [2.75, 3.05) is 13.7 Å². The van der Waals surface area contributed by atoms with Crippen molar-refractivity contribution < 1.29 is 9.47 Å². The monoisotopic (exact) mass is 513 g/mol. The Bertz CT molecular complexity index is 943. The number of ether oxygens (including phenoxy) is 2. The van der Waals surface area contributed by atoms with Crippen LogP contribution in [0.4, 0.5) is 0 Å². The molecule has 0 spiro atoms. The predicted octanol–water partition coefficient (Wildman–Crippen LogP) is 10.6. The van der Waals surface area contributed by atoms with Gasteiger partial charge in [0.2, 0.25) is 0 Å². The maximum absolute atomic E-state index is 6.41. The van der Waals surface area contributed by atoms with Crippen LogP contribution in [-0.4, -0.2) is 13.7 Å². The Labute approximate surface area is 232 Å². The van der Waals surface area contributed by atoms with E-state index in [1.807, 2.05) is 12.1 Å². The van der Waals surface area contributed by atoms with Crippen molar-refractivity contribution in [2.24, 2.45) is 0 Å². The Morgan fingerprint density at radius 3 is 1.50 bits per heavy atom. The molecule has 2 nitrogen and oxygen atoms in total. The molecule has 3 rings (SSSR count). The summed E-state index contributed by atoms with van der Waals surface area (Å²) < 4.78 is 12.0. The van der Waals surface area contributed by atoms with Gasteiger partial charge in [0, 0.05) is 11.6 Å². The lowest BCUT2D eigenvalue weighted by Crippen LogP contribution is -2.08. The molecule has 0 aliphatic heterocycles. The average molecular weight is 514 g/mol. The molecule has 0 fully saturated rings. The van der Waals surface area contributed by atoms with Crippen LogP contribution in [0.2, 0.25) is 0 Å². The highest BCUT2D eigenvalue weighted by Crippen LogP contribution is 2.38.